The Morgan fingerprint density at radius 2 is 2.11 bits per heavy atom. The van der Waals surface area contributed by atoms with Crippen molar-refractivity contribution in [3.05, 3.63) is 57.9 Å². The van der Waals surface area contributed by atoms with Crippen molar-refractivity contribution >= 4 is 27.7 Å². The van der Waals surface area contributed by atoms with E-state index in [0.717, 1.165) is 5.69 Å². The van der Waals surface area contributed by atoms with Crippen molar-refractivity contribution in [2.24, 2.45) is 0 Å². The third-order valence-electron chi connectivity index (χ3n) is 2.30. The summed E-state index contributed by atoms with van der Waals surface area (Å²) < 4.78 is 13.6. The quantitative estimate of drug-likeness (QED) is 0.922. The van der Waals surface area contributed by atoms with Crippen molar-refractivity contribution in [1.29, 1.82) is 0 Å². The zero-order chi connectivity index (χ0) is 13.1. The molecule has 2 rings (SSSR count). The van der Waals surface area contributed by atoms with Gasteiger partial charge in [-0.05, 0) is 53.2 Å². The van der Waals surface area contributed by atoms with Crippen LogP contribution in [0, 0.1) is 12.7 Å². The Hall–Kier alpha value is -1.75. The number of nitrogens with one attached hydrogen (secondary N) is 1. The molecule has 0 fully saturated rings. The number of rotatable bonds is 2. The maximum absolute atomic E-state index is 13.1. The minimum Gasteiger partial charge on any atom is -0.307 e. The molecule has 1 N–H and O–H groups in total. The predicted octanol–water partition coefficient (Wildman–Crippen LogP) is 3.54. The molecule has 18 heavy (non-hydrogen) atoms. The number of pyridine rings is 1. The molecule has 0 atom stereocenters. The van der Waals surface area contributed by atoms with Crippen LogP contribution in [0.2, 0.25) is 0 Å². The summed E-state index contributed by atoms with van der Waals surface area (Å²) in [7, 11) is 0. The Bertz CT molecular complexity index is 601. The third kappa shape index (κ3) is 2.92. The van der Waals surface area contributed by atoms with Gasteiger partial charge >= 0.3 is 0 Å². The Morgan fingerprint density at radius 3 is 2.83 bits per heavy atom. The van der Waals surface area contributed by atoms with Crippen LogP contribution in [0.1, 0.15) is 16.1 Å². The molecule has 0 unspecified atom stereocenters. The molecule has 0 bridgehead atoms. The van der Waals surface area contributed by atoms with E-state index in [1.807, 2.05) is 13.0 Å². The van der Waals surface area contributed by atoms with Gasteiger partial charge in [-0.25, -0.2) is 9.37 Å². The minimum absolute atomic E-state index is 0.235. The average molecular weight is 309 g/mol. The lowest BCUT2D eigenvalue weighted by Gasteiger charge is -2.06. The highest BCUT2D eigenvalue weighted by Gasteiger charge is 2.11. The normalized spacial score (nSPS) is 10.2. The molecule has 92 valence electrons. The van der Waals surface area contributed by atoms with Crippen molar-refractivity contribution in [2.45, 2.75) is 6.92 Å². The second-order valence-corrected chi connectivity index (χ2v) is 4.60. The molecule has 1 aromatic carbocycles. The van der Waals surface area contributed by atoms with Gasteiger partial charge in [-0.3, -0.25) is 4.79 Å². The zero-order valence-corrected chi connectivity index (χ0v) is 11.2. The number of halogens is 2. The van der Waals surface area contributed by atoms with Crippen LogP contribution >= 0.6 is 15.9 Å². The highest BCUT2D eigenvalue weighted by molar-refractivity contribution is 9.10. The Kier molecular flexibility index (Phi) is 3.72. The lowest BCUT2D eigenvalue weighted by Crippen LogP contribution is -2.14. The van der Waals surface area contributed by atoms with E-state index in [0.29, 0.717) is 10.3 Å². The minimum atomic E-state index is -0.458. The highest BCUT2D eigenvalue weighted by atomic mass is 79.9. The molecule has 0 saturated carbocycles. The number of hydrogen-bond acceptors (Lipinski definition) is 2. The van der Waals surface area contributed by atoms with Gasteiger partial charge in [0, 0.05) is 10.2 Å². The van der Waals surface area contributed by atoms with Gasteiger partial charge in [-0.2, -0.15) is 0 Å². The van der Waals surface area contributed by atoms with E-state index in [1.54, 1.807) is 12.1 Å². The number of nitrogens with zero attached hydrogens (tertiary/aromatic N) is 1. The van der Waals surface area contributed by atoms with Crippen LogP contribution in [0.25, 0.3) is 0 Å². The second-order valence-electron chi connectivity index (χ2n) is 3.74. The SMILES string of the molecule is Cc1cccc(NC(=O)c2cc(F)ccc2Br)n1. The summed E-state index contributed by atoms with van der Waals surface area (Å²) in [6, 6.07) is 9.25. The largest absolute Gasteiger partial charge is 0.307 e. The van der Waals surface area contributed by atoms with Crippen molar-refractivity contribution in [3.63, 3.8) is 0 Å². The van der Waals surface area contributed by atoms with Gasteiger partial charge in [-0.1, -0.05) is 6.07 Å². The Labute approximate surface area is 112 Å². The van der Waals surface area contributed by atoms with E-state index in [4.69, 9.17) is 0 Å². The van der Waals surface area contributed by atoms with Crippen LogP contribution in [0.3, 0.4) is 0 Å². The molecule has 1 heterocycles. The number of amides is 1. The molecule has 0 spiro atoms. The Morgan fingerprint density at radius 1 is 1.33 bits per heavy atom. The number of aromatic nitrogens is 1. The molecule has 0 aliphatic heterocycles. The van der Waals surface area contributed by atoms with Gasteiger partial charge in [-0.15, -0.1) is 0 Å². The fourth-order valence-electron chi connectivity index (χ4n) is 1.47. The van der Waals surface area contributed by atoms with E-state index in [9.17, 15) is 9.18 Å². The van der Waals surface area contributed by atoms with Crippen LogP contribution < -0.4 is 5.32 Å². The molecule has 0 saturated heterocycles. The van der Waals surface area contributed by atoms with Crippen molar-refractivity contribution in [1.82, 2.24) is 4.98 Å². The standard InChI is InChI=1S/C13H10BrFN2O/c1-8-3-2-4-12(16-8)17-13(18)10-7-9(15)5-6-11(10)14/h2-7H,1H3,(H,16,17,18). The third-order valence-corrected chi connectivity index (χ3v) is 2.99. The molecule has 0 radical (unpaired) electrons. The zero-order valence-electron chi connectivity index (χ0n) is 9.58. The summed E-state index contributed by atoms with van der Waals surface area (Å²) in [6.45, 7) is 1.83. The maximum atomic E-state index is 13.1. The summed E-state index contributed by atoms with van der Waals surface area (Å²) in [5.41, 5.74) is 1.03. The lowest BCUT2D eigenvalue weighted by atomic mass is 10.2. The van der Waals surface area contributed by atoms with E-state index >= 15 is 0 Å². The van der Waals surface area contributed by atoms with Gasteiger partial charge in [0.15, 0.2) is 0 Å². The van der Waals surface area contributed by atoms with Gasteiger partial charge < -0.3 is 5.32 Å². The van der Waals surface area contributed by atoms with E-state index in [1.165, 1.54) is 18.2 Å². The fraction of sp³-hybridized carbons (Fsp3) is 0.0769. The number of carbonyl (C=O) groups excluding carboxylic acids is 1. The van der Waals surface area contributed by atoms with Crippen LogP contribution in [-0.2, 0) is 0 Å². The molecule has 0 aliphatic rings. The molecule has 1 aromatic heterocycles. The molecular formula is C13H10BrFN2O. The van der Waals surface area contributed by atoms with E-state index in [-0.39, 0.29) is 5.56 Å². The summed E-state index contributed by atoms with van der Waals surface area (Å²) >= 11 is 3.21. The first-order valence-corrected chi connectivity index (χ1v) is 6.05. The molecular weight excluding hydrogens is 299 g/mol. The molecule has 2 aromatic rings. The van der Waals surface area contributed by atoms with E-state index < -0.39 is 11.7 Å². The molecule has 5 heteroatoms. The number of benzene rings is 1. The van der Waals surface area contributed by atoms with Crippen LogP contribution in [0.5, 0.6) is 0 Å². The monoisotopic (exact) mass is 308 g/mol. The summed E-state index contributed by atoms with van der Waals surface area (Å²) in [6.07, 6.45) is 0. The second kappa shape index (κ2) is 5.27. The molecule has 1 amide bonds. The topological polar surface area (TPSA) is 42.0 Å². The summed E-state index contributed by atoms with van der Waals surface area (Å²) in [5, 5.41) is 2.62. The number of carbonyl (C=O) groups is 1. The van der Waals surface area contributed by atoms with Crippen LogP contribution in [0.15, 0.2) is 40.9 Å². The fourth-order valence-corrected chi connectivity index (χ4v) is 1.89. The number of hydrogen-bond donors (Lipinski definition) is 1. The first-order valence-electron chi connectivity index (χ1n) is 5.26. The smallest absolute Gasteiger partial charge is 0.258 e. The van der Waals surface area contributed by atoms with Gasteiger partial charge in [0.1, 0.15) is 11.6 Å². The average Bonchev–Trinajstić information content (AvgIpc) is 2.32. The van der Waals surface area contributed by atoms with E-state index in [2.05, 4.69) is 26.2 Å². The predicted molar refractivity (Wildman–Crippen MR) is 71.0 cm³/mol. The summed E-state index contributed by atoms with van der Waals surface area (Å²) in [4.78, 5) is 16.1. The van der Waals surface area contributed by atoms with Crippen molar-refractivity contribution < 1.29 is 9.18 Å². The first-order chi connectivity index (χ1) is 8.56. The highest BCUT2D eigenvalue weighted by Crippen LogP contribution is 2.19. The van der Waals surface area contributed by atoms with Crippen LogP contribution in [0.4, 0.5) is 10.2 Å². The van der Waals surface area contributed by atoms with Gasteiger partial charge in [0.25, 0.3) is 5.91 Å². The number of aryl methyl sites for hydroxylation is 1. The van der Waals surface area contributed by atoms with Crippen molar-refractivity contribution in [2.75, 3.05) is 5.32 Å². The summed E-state index contributed by atoms with van der Waals surface area (Å²) in [5.74, 6) is -0.420. The number of anilines is 1. The van der Waals surface area contributed by atoms with Gasteiger partial charge in [0.2, 0.25) is 0 Å². The van der Waals surface area contributed by atoms with Gasteiger partial charge in [0.05, 0.1) is 5.56 Å². The first kappa shape index (κ1) is 12.7. The molecule has 3 nitrogen and oxygen atoms in total. The lowest BCUT2D eigenvalue weighted by molar-refractivity contribution is 0.102. The van der Waals surface area contributed by atoms with Crippen LogP contribution in [-0.4, -0.2) is 10.9 Å². The van der Waals surface area contributed by atoms with Crippen molar-refractivity contribution in [3.8, 4) is 0 Å². The maximum Gasteiger partial charge on any atom is 0.258 e. The Balaban J connectivity index is 2.24. The molecule has 0 aliphatic carbocycles.